The molecule has 0 aromatic heterocycles. The molecule has 4 aliphatic carbocycles. The van der Waals surface area contributed by atoms with Crippen LogP contribution in [0.1, 0.15) is 63.9 Å². The molecule has 1 aromatic rings. The largest absolute Gasteiger partial charge is 0.461 e. The Morgan fingerprint density at radius 3 is 2.29 bits per heavy atom. The van der Waals surface area contributed by atoms with Gasteiger partial charge in [0.2, 0.25) is 23.6 Å². The SMILES string of the molecule is [2H]N(C(=O)COCCNC(=O)C12CC3CC(CC(C3)C1)C2)[C@@H](C)C(=O)N[C@@H](CCC(=O)OCc1ccccc1)C(N)=O. The van der Waals surface area contributed by atoms with Crippen molar-refractivity contribution in [2.24, 2.45) is 28.9 Å². The van der Waals surface area contributed by atoms with E-state index in [2.05, 4.69) is 10.6 Å². The van der Waals surface area contributed by atoms with Crippen LogP contribution in [0.4, 0.5) is 0 Å². The van der Waals surface area contributed by atoms with Crippen LogP contribution in [0.2, 0.25) is 1.41 Å². The Hall–Kier alpha value is -3.47. The summed E-state index contributed by atoms with van der Waals surface area (Å²) in [5.41, 5.74) is 5.95. The van der Waals surface area contributed by atoms with Gasteiger partial charge < -0.3 is 31.2 Å². The van der Waals surface area contributed by atoms with Crippen molar-refractivity contribution in [2.75, 3.05) is 19.8 Å². The van der Waals surface area contributed by atoms with E-state index in [1.54, 1.807) is 12.1 Å². The molecule has 5 N–H and O–H groups in total. The molecule has 0 unspecified atom stereocenters. The number of hydrogen-bond acceptors (Lipinski definition) is 7. The lowest BCUT2D eigenvalue weighted by Crippen LogP contribution is -2.54. The third-order valence-corrected chi connectivity index (χ3v) is 8.53. The fourth-order valence-corrected chi connectivity index (χ4v) is 6.93. The minimum Gasteiger partial charge on any atom is -0.461 e. The summed E-state index contributed by atoms with van der Waals surface area (Å²) in [5.74, 6) is -0.872. The fourth-order valence-electron chi connectivity index (χ4n) is 6.93. The predicted octanol–water partition coefficient (Wildman–Crippen LogP) is 1.33. The molecule has 11 nitrogen and oxygen atoms in total. The molecular weight excluding hydrogens is 528 g/mol. The number of nitrogens with one attached hydrogen (secondary N) is 3. The van der Waals surface area contributed by atoms with Gasteiger partial charge in [-0.15, -0.1) is 0 Å². The number of carbonyl (C=O) groups is 5. The molecule has 4 fully saturated rings. The Morgan fingerprint density at radius 1 is 1.05 bits per heavy atom. The molecule has 1 aromatic carbocycles. The van der Waals surface area contributed by atoms with Gasteiger partial charge in [0.05, 0.1) is 6.61 Å². The number of benzene rings is 1. The third kappa shape index (κ3) is 8.51. The van der Waals surface area contributed by atoms with E-state index in [1.807, 2.05) is 18.2 Å². The van der Waals surface area contributed by atoms with Crippen LogP contribution in [-0.4, -0.2) is 61.4 Å². The van der Waals surface area contributed by atoms with Crippen molar-refractivity contribution in [1.82, 2.24) is 15.9 Å². The zero-order valence-corrected chi connectivity index (χ0v) is 23.6. The fraction of sp³-hybridized carbons (Fsp3) is 0.633. The molecule has 4 aliphatic rings. The second-order valence-electron chi connectivity index (χ2n) is 11.9. The molecule has 0 aliphatic heterocycles. The van der Waals surface area contributed by atoms with Gasteiger partial charge >= 0.3 is 5.97 Å². The van der Waals surface area contributed by atoms with E-state index < -0.39 is 42.4 Å². The molecule has 0 saturated heterocycles. The van der Waals surface area contributed by atoms with Gasteiger partial charge in [-0.2, -0.15) is 0 Å². The molecule has 0 spiro atoms. The van der Waals surface area contributed by atoms with Gasteiger partial charge in [-0.05, 0) is 75.2 Å². The number of rotatable bonds is 15. The van der Waals surface area contributed by atoms with Crippen LogP contribution in [0.5, 0.6) is 0 Å². The molecule has 2 atom stereocenters. The highest BCUT2D eigenvalue weighted by Gasteiger charge is 2.54. The van der Waals surface area contributed by atoms with Crippen LogP contribution < -0.4 is 21.7 Å². The number of hydrogen-bond donors (Lipinski definition) is 4. The van der Waals surface area contributed by atoms with E-state index in [9.17, 15) is 24.0 Å². The zero-order valence-electron chi connectivity index (χ0n) is 24.6. The number of amides is 4. The van der Waals surface area contributed by atoms with Gasteiger partial charge in [-0.3, -0.25) is 24.0 Å². The molecule has 0 heterocycles. The summed E-state index contributed by atoms with van der Waals surface area (Å²) in [6.07, 6.45) is 6.41. The maximum atomic E-state index is 13.0. The average Bonchev–Trinajstić information content (AvgIpc) is 2.96. The summed E-state index contributed by atoms with van der Waals surface area (Å²) in [6, 6.07) is 6.67. The normalized spacial score (nSPS) is 25.9. The second-order valence-corrected chi connectivity index (χ2v) is 11.9. The quantitative estimate of drug-likeness (QED) is 0.182. The van der Waals surface area contributed by atoms with Crippen LogP contribution >= 0.6 is 0 Å². The standard InChI is InChI=1S/C30H42N4O7/c1-19(28(38)34-24(27(31)37)7-8-26(36)41-17-20-5-3-2-4-6-20)33-25(35)18-40-10-9-32-29(39)30-14-21-11-22(15-30)13-23(12-21)16-30/h2-6,19,21-24H,7-18H2,1H3,(H2,31,37)(H,32,39)(H,33,35)(H,34,38)/t19-,21?,22?,23?,24-,30?/m0/s1/i/hD. The lowest BCUT2D eigenvalue weighted by Gasteiger charge is -2.55. The van der Waals surface area contributed by atoms with Crippen molar-refractivity contribution in [2.45, 2.75) is 77.0 Å². The van der Waals surface area contributed by atoms with Crippen LogP contribution in [-0.2, 0) is 40.1 Å². The maximum absolute atomic E-state index is 13.0. The van der Waals surface area contributed by atoms with Gasteiger partial charge in [-0.1, -0.05) is 30.3 Å². The Labute approximate surface area is 242 Å². The number of nitrogens with two attached hydrogens (primary N) is 1. The summed E-state index contributed by atoms with van der Waals surface area (Å²) >= 11 is 0. The molecule has 4 bridgehead atoms. The van der Waals surface area contributed by atoms with E-state index >= 15 is 0 Å². The van der Waals surface area contributed by atoms with Crippen LogP contribution in [0.15, 0.2) is 30.3 Å². The monoisotopic (exact) mass is 571 g/mol. The second kappa shape index (κ2) is 13.9. The lowest BCUT2D eigenvalue weighted by atomic mass is 9.49. The Kier molecular flexibility index (Phi) is 9.87. The summed E-state index contributed by atoms with van der Waals surface area (Å²) in [4.78, 5) is 62.0. The van der Waals surface area contributed by atoms with Gasteiger partial charge in [0, 0.05) is 18.4 Å². The van der Waals surface area contributed by atoms with Crippen LogP contribution in [0.3, 0.4) is 0 Å². The molecule has 5 rings (SSSR count). The Balaban J connectivity index is 1.12. The van der Waals surface area contributed by atoms with Crippen molar-refractivity contribution < 1.29 is 34.9 Å². The van der Waals surface area contributed by atoms with Crippen molar-refractivity contribution >= 4 is 29.6 Å². The summed E-state index contributed by atoms with van der Waals surface area (Å²) in [6.45, 7) is 1.33. The maximum Gasteiger partial charge on any atom is 0.306 e. The number of carbonyl (C=O) groups excluding carboxylic acids is 5. The van der Waals surface area contributed by atoms with Gasteiger partial charge in [0.15, 0.2) is 1.41 Å². The van der Waals surface area contributed by atoms with Crippen LogP contribution in [0.25, 0.3) is 0 Å². The minimum absolute atomic E-state index is 0.0801. The highest BCUT2D eigenvalue weighted by Crippen LogP contribution is 2.60. The van der Waals surface area contributed by atoms with Crippen molar-refractivity contribution in [3.8, 4) is 0 Å². The summed E-state index contributed by atoms with van der Waals surface area (Å²) in [5, 5.41) is 5.84. The molecular formula is C30H42N4O7. The first-order valence-electron chi connectivity index (χ1n) is 15.0. The minimum atomic E-state index is -1.25. The molecule has 4 saturated carbocycles. The summed E-state index contributed by atoms with van der Waals surface area (Å²) < 4.78 is 18.6. The van der Waals surface area contributed by atoms with Crippen molar-refractivity contribution in [3.63, 3.8) is 0 Å². The number of ether oxygens (including phenoxy) is 2. The van der Waals surface area contributed by atoms with E-state index in [0.29, 0.717) is 23.1 Å². The summed E-state index contributed by atoms with van der Waals surface area (Å²) in [7, 11) is 0. The molecule has 11 heteroatoms. The first-order valence-corrected chi connectivity index (χ1v) is 14.5. The molecule has 41 heavy (non-hydrogen) atoms. The van der Waals surface area contributed by atoms with Gasteiger partial charge in [0.25, 0.3) is 0 Å². The molecule has 4 amide bonds. The Morgan fingerprint density at radius 2 is 1.68 bits per heavy atom. The smallest absolute Gasteiger partial charge is 0.306 e. The van der Waals surface area contributed by atoms with Gasteiger partial charge in [0.1, 0.15) is 25.3 Å². The predicted molar refractivity (Wildman–Crippen MR) is 149 cm³/mol. The third-order valence-electron chi connectivity index (χ3n) is 8.53. The van der Waals surface area contributed by atoms with Crippen LogP contribution in [0, 0.1) is 23.2 Å². The van der Waals surface area contributed by atoms with Crippen molar-refractivity contribution in [1.29, 1.82) is 0 Å². The first-order chi connectivity index (χ1) is 20.1. The topological polar surface area (TPSA) is 166 Å². The van der Waals surface area contributed by atoms with E-state index in [0.717, 1.165) is 24.8 Å². The first kappa shape index (κ1) is 29.0. The van der Waals surface area contributed by atoms with E-state index in [1.165, 1.54) is 26.2 Å². The number of esters is 1. The highest BCUT2D eigenvalue weighted by molar-refractivity contribution is 5.91. The zero-order chi connectivity index (χ0) is 30.3. The molecule has 0 radical (unpaired) electrons. The van der Waals surface area contributed by atoms with Crippen molar-refractivity contribution in [3.05, 3.63) is 35.9 Å². The molecule has 224 valence electrons. The number of primary amides is 1. The van der Waals surface area contributed by atoms with Gasteiger partial charge in [-0.25, -0.2) is 0 Å². The average molecular weight is 572 g/mol. The highest BCUT2D eigenvalue weighted by atomic mass is 16.5. The lowest BCUT2D eigenvalue weighted by molar-refractivity contribution is -0.146. The Bertz CT molecular complexity index is 1110. The van der Waals surface area contributed by atoms with E-state index in [4.69, 9.17) is 16.6 Å². The van der Waals surface area contributed by atoms with E-state index in [-0.39, 0.29) is 43.9 Å².